The van der Waals surface area contributed by atoms with Gasteiger partial charge in [-0.05, 0) is 25.2 Å². The number of thiazole rings is 1. The van der Waals surface area contributed by atoms with Crippen molar-refractivity contribution in [2.24, 2.45) is 5.92 Å². The first-order chi connectivity index (χ1) is 11.6. The van der Waals surface area contributed by atoms with E-state index in [9.17, 15) is 14.9 Å². The monoisotopic (exact) mass is 341 g/mol. The molecule has 0 saturated carbocycles. The zero-order valence-corrected chi connectivity index (χ0v) is 13.9. The molecule has 122 valence electrons. The van der Waals surface area contributed by atoms with Gasteiger partial charge in [0, 0.05) is 28.3 Å². The summed E-state index contributed by atoms with van der Waals surface area (Å²) in [5.74, 6) is 0.650. The lowest BCUT2D eigenvalue weighted by Crippen LogP contribution is -2.11. The molecule has 0 amide bonds. The standard InChI is InChI=1S/C17H15N3O3S/c1-10-5-6-13-15(7-10)24-17-18-16(14(9-21)19(13)17)11-3-2-4-12(8-11)20(22)23/h2-4,8-10H,5-7H2,1H3. The van der Waals surface area contributed by atoms with Crippen LogP contribution >= 0.6 is 11.3 Å². The second kappa shape index (κ2) is 5.52. The molecule has 24 heavy (non-hydrogen) atoms. The third-order valence-electron chi connectivity index (χ3n) is 4.54. The summed E-state index contributed by atoms with van der Waals surface area (Å²) in [5.41, 5.74) is 2.76. The van der Waals surface area contributed by atoms with Gasteiger partial charge in [-0.2, -0.15) is 0 Å². The van der Waals surface area contributed by atoms with Crippen LogP contribution in [-0.2, 0) is 12.8 Å². The highest BCUT2D eigenvalue weighted by molar-refractivity contribution is 7.17. The van der Waals surface area contributed by atoms with Gasteiger partial charge in [-0.3, -0.25) is 19.3 Å². The van der Waals surface area contributed by atoms with Gasteiger partial charge >= 0.3 is 0 Å². The highest BCUT2D eigenvalue weighted by Crippen LogP contribution is 2.36. The van der Waals surface area contributed by atoms with Crippen LogP contribution in [0.1, 0.15) is 34.4 Å². The van der Waals surface area contributed by atoms with E-state index in [1.165, 1.54) is 22.7 Å². The molecule has 3 aromatic rings. The SMILES string of the molecule is CC1CCc2c(sc3nc(-c4cccc([N+](=O)[O-])c4)c(C=O)n23)C1. The van der Waals surface area contributed by atoms with Crippen LogP contribution in [0.25, 0.3) is 16.2 Å². The molecule has 0 spiro atoms. The number of nitro groups is 1. The Balaban J connectivity index is 1.91. The van der Waals surface area contributed by atoms with Gasteiger partial charge in [0.2, 0.25) is 0 Å². The summed E-state index contributed by atoms with van der Waals surface area (Å²) in [5, 5.41) is 11.0. The lowest BCUT2D eigenvalue weighted by molar-refractivity contribution is -0.384. The number of carbonyl (C=O) groups excluding carboxylic acids is 1. The molecule has 1 unspecified atom stereocenters. The highest BCUT2D eigenvalue weighted by Gasteiger charge is 2.25. The number of nitrogens with zero attached hydrogens (tertiary/aromatic N) is 3. The van der Waals surface area contributed by atoms with Gasteiger partial charge in [0.05, 0.1) is 4.92 Å². The van der Waals surface area contributed by atoms with E-state index in [0.29, 0.717) is 22.9 Å². The molecule has 1 aliphatic carbocycles. The van der Waals surface area contributed by atoms with Crippen LogP contribution in [0.5, 0.6) is 0 Å². The summed E-state index contributed by atoms with van der Waals surface area (Å²) in [6.07, 6.45) is 3.86. The number of aldehydes is 1. The zero-order valence-electron chi connectivity index (χ0n) is 13.1. The van der Waals surface area contributed by atoms with Crippen molar-refractivity contribution < 1.29 is 9.72 Å². The topological polar surface area (TPSA) is 77.5 Å². The third-order valence-corrected chi connectivity index (χ3v) is 5.64. The minimum Gasteiger partial charge on any atom is -0.296 e. The average Bonchev–Trinajstić information content (AvgIpc) is 3.09. The first-order valence-corrected chi connectivity index (χ1v) is 8.63. The van der Waals surface area contributed by atoms with Crippen molar-refractivity contribution in [3.63, 3.8) is 0 Å². The molecule has 0 N–H and O–H groups in total. The number of rotatable bonds is 3. The van der Waals surface area contributed by atoms with Gasteiger partial charge in [0.1, 0.15) is 11.4 Å². The largest absolute Gasteiger partial charge is 0.296 e. The Morgan fingerprint density at radius 1 is 1.46 bits per heavy atom. The molecule has 1 atom stereocenters. The van der Waals surface area contributed by atoms with E-state index < -0.39 is 4.92 Å². The normalized spacial score (nSPS) is 17.0. The molecule has 1 aromatic carbocycles. The summed E-state index contributed by atoms with van der Waals surface area (Å²) in [4.78, 5) is 29.0. The number of nitro benzene ring substituents is 1. The van der Waals surface area contributed by atoms with Gasteiger partial charge < -0.3 is 0 Å². The van der Waals surface area contributed by atoms with Crippen LogP contribution in [0.2, 0.25) is 0 Å². The smallest absolute Gasteiger partial charge is 0.270 e. The van der Waals surface area contributed by atoms with Gasteiger partial charge in [-0.1, -0.05) is 19.1 Å². The minimum atomic E-state index is -0.439. The third kappa shape index (κ3) is 2.24. The van der Waals surface area contributed by atoms with Gasteiger partial charge in [-0.25, -0.2) is 4.98 Å². The molecule has 7 heteroatoms. The van der Waals surface area contributed by atoms with Crippen molar-refractivity contribution in [1.29, 1.82) is 0 Å². The number of aryl methyl sites for hydroxylation is 1. The number of hydrogen-bond donors (Lipinski definition) is 0. The van der Waals surface area contributed by atoms with Gasteiger partial charge in [0.25, 0.3) is 5.69 Å². The maximum absolute atomic E-state index is 11.8. The summed E-state index contributed by atoms with van der Waals surface area (Å²) in [6.45, 7) is 2.24. The number of aromatic nitrogens is 2. The summed E-state index contributed by atoms with van der Waals surface area (Å²) in [7, 11) is 0. The molecule has 2 aromatic heterocycles. The molecule has 4 rings (SSSR count). The van der Waals surface area contributed by atoms with Crippen LogP contribution in [0.3, 0.4) is 0 Å². The molecule has 6 nitrogen and oxygen atoms in total. The van der Waals surface area contributed by atoms with Crippen molar-refractivity contribution in [3.8, 4) is 11.3 Å². The van der Waals surface area contributed by atoms with E-state index in [4.69, 9.17) is 0 Å². The van der Waals surface area contributed by atoms with Crippen molar-refractivity contribution in [2.45, 2.75) is 26.2 Å². The molecule has 0 saturated heterocycles. The predicted molar refractivity (Wildman–Crippen MR) is 91.7 cm³/mol. The quantitative estimate of drug-likeness (QED) is 0.411. The summed E-state index contributed by atoms with van der Waals surface area (Å²) in [6, 6.07) is 6.27. The first kappa shape index (κ1) is 15.0. The average molecular weight is 341 g/mol. The fourth-order valence-electron chi connectivity index (χ4n) is 3.34. The maximum Gasteiger partial charge on any atom is 0.270 e. The Morgan fingerprint density at radius 2 is 2.29 bits per heavy atom. The van der Waals surface area contributed by atoms with E-state index in [2.05, 4.69) is 11.9 Å². The van der Waals surface area contributed by atoms with Crippen LogP contribution < -0.4 is 0 Å². The number of non-ortho nitro benzene ring substituents is 1. The molecule has 2 heterocycles. The summed E-state index contributed by atoms with van der Waals surface area (Å²) >= 11 is 1.62. The molecule has 0 radical (unpaired) electrons. The number of carbonyl (C=O) groups is 1. The Labute approximate surface area is 141 Å². The van der Waals surface area contributed by atoms with Crippen molar-refractivity contribution >= 4 is 28.3 Å². The zero-order chi connectivity index (χ0) is 16.8. The number of fused-ring (bicyclic) bond motifs is 3. The van der Waals surface area contributed by atoms with E-state index in [-0.39, 0.29) is 5.69 Å². The highest BCUT2D eigenvalue weighted by atomic mass is 32.1. The molecule has 0 fully saturated rings. The van der Waals surface area contributed by atoms with Gasteiger partial charge in [-0.15, -0.1) is 11.3 Å². The van der Waals surface area contributed by atoms with E-state index >= 15 is 0 Å². The minimum absolute atomic E-state index is 0.00319. The number of imidazole rings is 1. The van der Waals surface area contributed by atoms with Crippen LogP contribution in [0.4, 0.5) is 5.69 Å². The first-order valence-electron chi connectivity index (χ1n) is 7.81. The van der Waals surface area contributed by atoms with E-state index in [0.717, 1.165) is 30.5 Å². The maximum atomic E-state index is 11.8. The Morgan fingerprint density at radius 3 is 3.04 bits per heavy atom. The lowest BCUT2D eigenvalue weighted by Gasteiger charge is -2.17. The number of benzene rings is 1. The second-order valence-corrected chi connectivity index (χ2v) is 7.27. The second-order valence-electron chi connectivity index (χ2n) is 6.21. The van der Waals surface area contributed by atoms with Gasteiger partial charge in [0.15, 0.2) is 11.2 Å². The van der Waals surface area contributed by atoms with E-state index in [1.807, 2.05) is 4.40 Å². The van der Waals surface area contributed by atoms with Crippen LogP contribution in [-0.4, -0.2) is 20.6 Å². The lowest BCUT2D eigenvalue weighted by atomic mass is 9.93. The molecular formula is C17H15N3O3S. The molecule has 1 aliphatic rings. The predicted octanol–water partition coefficient (Wildman–Crippen LogP) is 3.91. The fourth-order valence-corrected chi connectivity index (χ4v) is 4.67. The molecule has 0 bridgehead atoms. The Bertz CT molecular complexity index is 973. The van der Waals surface area contributed by atoms with Crippen molar-refractivity contribution in [3.05, 3.63) is 50.6 Å². The van der Waals surface area contributed by atoms with Crippen molar-refractivity contribution in [1.82, 2.24) is 9.38 Å². The molecule has 0 aliphatic heterocycles. The van der Waals surface area contributed by atoms with Crippen molar-refractivity contribution in [2.75, 3.05) is 0 Å². The fraction of sp³-hybridized carbons (Fsp3) is 0.294. The molecular weight excluding hydrogens is 326 g/mol. The van der Waals surface area contributed by atoms with Crippen LogP contribution in [0.15, 0.2) is 24.3 Å². The van der Waals surface area contributed by atoms with Crippen LogP contribution in [0, 0.1) is 16.0 Å². The van der Waals surface area contributed by atoms with E-state index in [1.54, 1.807) is 23.5 Å². The Hall–Kier alpha value is -2.54. The number of hydrogen-bond acceptors (Lipinski definition) is 5. The Kier molecular flexibility index (Phi) is 3.45. The summed E-state index contributed by atoms with van der Waals surface area (Å²) < 4.78 is 1.94.